The van der Waals surface area contributed by atoms with E-state index in [4.69, 9.17) is 9.84 Å². The number of aliphatic hydroxyl groups excluding tert-OH is 1. The average molecular weight is 377 g/mol. The third-order valence-corrected chi connectivity index (χ3v) is 5.51. The number of rotatable bonds is 16. The zero-order chi connectivity index (χ0) is 19.9. The third-order valence-electron chi connectivity index (χ3n) is 5.51. The summed E-state index contributed by atoms with van der Waals surface area (Å²) in [6.45, 7) is 4.74. The number of unbranched alkanes of at least 4 members (excludes halogenated alkanes) is 1. The molecule has 1 aromatic rings. The number of carbonyl (C=O) groups excluding carboxylic acids is 1. The number of ether oxygens (including phenoxy) is 1. The Balaban J connectivity index is 2.36. The molecule has 1 N–H and O–H groups in total. The summed E-state index contributed by atoms with van der Waals surface area (Å²) >= 11 is 0. The number of methoxy groups -OCH3 is 1. The van der Waals surface area contributed by atoms with Gasteiger partial charge in [0, 0.05) is 18.9 Å². The lowest BCUT2D eigenvalue weighted by Gasteiger charge is -2.17. The van der Waals surface area contributed by atoms with Crippen molar-refractivity contribution in [1.29, 1.82) is 0 Å². The quantitative estimate of drug-likeness (QED) is 0.386. The fourth-order valence-corrected chi connectivity index (χ4v) is 3.68. The molecule has 0 fully saturated rings. The van der Waals surface area contributed by atoms with E-state index in [1.54, 1.807) is 7.11 Å². The summed E-state index contributed by atoms with van der Waals surface area (Å²) < 4.78 is 5.19. The molecular formula is C24H40O3. The van der Waals surface area contributed by atoms with Crippen molar-refractivity contribution in [3.8, 4) is 5.75 Å². The first-order valence-corrected chi connectivity index (χ1v) is 10.9. The Labute approximate surface area is 166 Å². The maximum Gasteiger partial charge on any atom is 0.135 e. The van der Waals surface area contributed by atoms with E-state index in [2.05, 4.69) is 26.0 Å². The van der Waals surface area contributed by atoms with E-state index >= 15 is 0 Å². The Morgan fingerprint density at radius 1 is 1.00 bits per heavy atom. The van der Waals surface area contributed by atoms with Crippen molar-refractivity contribution in [2.75, 3.05) is 13.7 Å². The Kier molecular flexibility index (Phi) is 12.9. The number of aliphatic hydroxyl groups is 1. The number of hydrogen-bond donors (Lipinski definition) is 1. The molecule has 0 aliphatic carbocycles. The predicted octanol–water partition coefficient (Wildman–Crippen LogP) is 5.97. The summed E-state index contributed by atoms with van der Waals surface area (Å²) in [4.78, 5) is 12.7. The van der Waals surface area contributed by atoms with E-state index in [1.165, 1.54) is 12.0 Å². The van der Waals surface area contributed by atoms with Crippen LogP contribution < -0.4 is 4.74 Å². The van der Waals surface area contributed by atoms with Crippen molar-refractivity contribution >= 4 is 5.78 Å². The number of carbonyl (C=O) groups is 1. The fourth-order valence-electron chi connectivity index (χ4n) is 3.68. The summed E-state index contributed by atoms with van der Waals surface area (Å²) in [6.07, 6.45) is 11.2. The molecule has 2 atom stereocenters. The van der Waals surface area contributed by atoms with E-state index in [1.807, 2.05) is 12.1 Å². The Morgan fingerprint density at radius 2 is 1.67 bits per heavy atom. The molecule has 0 saturated heterocycles. The van der Waals surface area contributed by atoms with Crippen LogP contribution in [0.5, 0.6) is 5.75 Å². The number of ketones is 1. The number of hydrogen-bond acceptors (Lipinski definition) is 3. The SMILES string of the molecule is CCCCC(CCCC(C)CCCO)C(=O)CCCc1ccc(OC)cc1. The second-order valence-corrected chi connectivity index (χ2v) is 7.91. The zero-order valence-corrected chi connectivity index (χ0v) is 17.7. The summed E-state index contributed by atoms with van der Waals surface area (Å²) in [5, 5.41) is 8.94. The molecule has 3 nitrogen and oxygen atoms in total. The van der Waals surface area contributed by atoms with Crippen molar-refractivity contribution in [3.63, 3.8) is 0 Å². The van der Waals surface area contributed by atoms with Crippen LogP contribution in [-0.2, 0) is 11.2 Å². The molecule has 0 aliphatic heterocycles. The first kappa shape index (κ1) is 23.7. The van der Waals surface area contributed by atoms with Crippen LogP contribution in [0.15, 0.2) is 24.3 Å². The van der Waals surface area contributed by atoms with Crippen LogP contribution in [0.1, 0.15) is 83.6 Å². The first-order chi connectivity index (χ1) is 13.1. The first-order valence-electron chi connectivity index (χ1n) is 10.9. The molecule has 0 aliphatic rings. The Bertz CT molecular complexity index is 495. The smallest absolute Gasteiger partial charge is 0.135 e. The fraction of sp³-hybridized carbons (Fsp3) is 0.708. The largest absolute Gasteiger partial charge is 0.497 e. The van der Waals surface area contributed by atoms with Gasteiger partial charge in [-0.1, -0.05) is 51.7 Å². The average Bonchev–Trinajstić information content (AvgIpc) is 2.69. The van der Waals surface area contributed by atoms with E-state index in [-0.39, 0.29) is 12.5 Å². The van der Waals surface area contributed by atoms with Gasteiger partial charge < -0.3 is 9.84 Å². The van der Waals surface area contributed by atoms with Crippen molar-refractivity contribution in [1.82, 2.24) is 0 Å². The van der Waals surface area contributed by atoms with Crippen LogP contribution in [0.25, 0.3) is 0 Å². The number of benzene rings is 1. The monoisotopic (exact) mass is 376 g/mol. The van der Waals surface area contributed by atoms with Gasteiger partial charge in [0.1, 0.15) is 11.5 Å². The van der Waals surface area contributed by atoms with Gasteiger partial charge in [-0.15, -0.1) is 0 Å². The molecule has 0 bridgehead atoms. The molecule has 2 unspecified atom stereocenters. The minimum absolute atomic E-state index is 0.242. The van der Waals surface area contributed by atoms with Crippen molar-refractivity contribution < 1.29 is 14.6 Å². The minimum atomic E-state index is 0.242. The van der Waals surface area contributed by atoms with E-state index in [9.17, 15) is 4.79 Å². The highest BCUT2D eigenvalue weighted by atomic mass is 16.5. The molecule has 3 heteroatoms. The van der Waals surface area contributed by atoms with Gasteiger partial charge in [0.2, 0.25) is 0 Å². The van der Waals surface area contributed by atoms with Crippen molar-refractivity contribution in [3.05, 3.63) is 29.8 Å². The summed E-state index contributed by atoms with van der Waals surface area (Å²) in [7, 11) is 1.68. The minimum Gasteiger partial charge on any atom is -0.497 e. The second-order valence-electron chi connectivity index (χ2n) is 7.91. The van der Waals surface area contributed by atoms with Gasteiger partial charge in [0.05, 0.1) is 7.11 Å². The molecule has 0 spiro atoms. The molecular weight excluding hydrogens is 336 g/mol. The summed E-state index contributed by atoms with van der Waals surface area (Å²) in [5.74, 6) is 2.22. The zero-order valence-electron chi connectivity index (χ0n) is 17.7. The maximum atomic E-state index is 12.7. The van der Waals surface area contributed by atoms with Gasteiger partial charge >= 0.3 is 0 Å². The molecule has 1 aromatic carbocycles. The van der Waals surface area contributed by atoms with Crippen LogP contribution >= 0.6 is 0 Å². The van der Waals surface area contributed by atoms with Gasteiger partial charge in [0.15, 0.2) is 0 Å². The Morgan fingerprint density at radius 3 is 2.30 bits per heavy atom. The lowest BCUT2D eigenvalue weighted by molar-refractivity contribution is -0.123. The van der Waals surface area contributed by atoms with Crippen LogP contribution in [0.4, 0.5) is 0 Å². The lowest BCUT2D eigenvalue weighted by Crippen LogP contribution is -2.15. The summed E-state index contributed by atoms with van der Waals surface area (Å²) in [6, 6.07) is 8.15. The molecule has 0 saturated carbocycles. The van der Waals surface area contributed by atoms with Crippen LogP contribution in [-0.4, -0.2) is 24.6 Å². The molecule has 1 rings (SSSR count). The van der Waals surface area contributed by atoms with E-state index < -0.39 is 0 Å². The van der Waals surface area contributed by atoms with Gasteiger partial charge in [-0.25, -0.2) is 0 Å². The highest BCUT2D eigenvalue weighted by Gasteiger charge is 2.17. The van der Waals surface area contributed by atoms with Crippen LogP contribution in [0, 0.1) is 11.8 Å². The van der Waals surface area contributed by atoms with Gasteiger partial charge in [-0.05, 0) is 62.1 Å². The molecule has 0 amide bonds. The molecule has 0 radical (unpaired) electrons. The molecule has 0 heterocycles. The normalized spacial score (nSPS) is 13.3. The highest BCUT2D eigenvalue weighted by Crippen LogP contribution is 2.23. The topological polar surface area (TPSA) is 46.5 Å². The van der Waals surface area contributed by atoms with E-state index in [0.29, 0.717) is 18.1 Å². The van der Waals surface area contributed by atoms with Crippen LogP contribution in [0.2, 0.25) is 0 Å². The highest BCUT2D eigenvalue weighted by molar-refractivity contribution is 5.80. The predicted molar refractivity (Wildman–Crippen MR) is 113 cm³/mol. The summed E-state index contributed by atoms with van der Waals surface area (Å²) in [5.41, 5.74) is 1.27. The van der Waals surface area contributed by atoms with Gasteiger partial charge in [-0.2, -0.15) is 0 Å². The molecule has 27 heavy (non-hydrogen) atoms. The molecule has 154 valence electrons. The lowest BCUT2D eigenvalue weighted by atomic mass is 9.87. The van der Waals surface area contributed by atoms with Gasteiger partial charge in [0.25, 0.3) is 0 Å². The van der Waals surface area contributed by atoms with Crippen molar-refractivity contribution in [2.45, 2.75) is 84.5 Å². The Hall–Kier alpha value is -1.35. The number of aryl methyl sites for hydroxylation is 1. The van der Waals surface area contributed by atoms with Crippen LogP contribution in [0.3, 0.4) is 0 Å². The maximum absolute atomic E-state index is 12.7. The third kappa shape index (κ3) is 10.5. The van der Waals surface area contributed by atoms with Crippen molar-refractivity contribution in [2.24, 2.45) is 11.8 Å². The molecule has 0 aromatic heterocycles. The number of Topliss-reactive ketones (excluding diaryl/α,β-unsaturated/α-hetero) is 1. The van der Waals surface area contributed by atoms with E-state index in [0.717, 1.165) is 63.5 Å². The standard InChI is InChI=1S/C24H40O3/c1-4-5-12-22(13-6-9-20(2)10-8-19-25)24(26)14-7-11-21-15-17-23(27-3)18-16-21/h15-18,20,22,25H,4-14,19H2,1-3H3. The second kappa shape index (κ2) is 14.7. The van der Waals surface area contributed by atoms with Gasteiger partial charge in [-0.3, -0.25) is 4.79 Å².